The van der Waals surface area contributed by atoms with Crippen molar-refractivity contribution in [2.45, 2.75) is 39.8 Å². The van der Waals surface area contributed by atoms with Crippen LogP contribution in [0.4, 0.5) is 11.6 Å². The van der Waals surface area contributed by atoms with Crippen molar-refractivity contribution in [2.75, 3.05) is 11.9 Å². The zero-order chi connectivity index (χ0) is 17.3. The SMILES string of the molecule is CCOc1nc(Nc2cn(CC(C)(C)O)nc2C)nc2[nH]ccc12. The molecule has 24 heavy (non-hydrogen) atoms. The van der Waals surface area contributed by atoms with Crippen molar-refractivity contribution in [3.8, 4) is 5.88 Å². The fourth-order valence-corrected chi connectivity index (χ4v) is 2.45. The number of hydrogen-bond donors (Lipinski definition) is 3. The van der Waals surface area contributed by atoms with Gasteiger partial charge in [-0.05, 0) is 33.8 Å². The predicted octanol–water partition coefficient (Wildman–Crippen LogP) is 2.38. The molecule has 128 valence electrons. The van der Waals surface area contributed by atoms with Gasteiger partial charge in [-0.1, -0.05) is 0 Å². The highest BCUT2D eigenvalue weighted by atomic mass is 16.5. The summed E-state index contributed by atoms with van der Waals surface area (Å²) in [6.45, 7) is 8.22. The topological polar surface area (TPSA) is 101 Å². The van der Waals surface area contributed by atoms with Crippen LogP contribution in [0.5, 0.6) is 5.88 Å². The van der Waals surface area contributed by atoms with E-state index in [9.17, 15) is 5.11 Å². The van der Waals surface area contributed by atoms with Crippen LogP contribution < -0.4 is 10.1 Å². The summed E-state index contributed by atoms with van der Waals surface area (Å²) in [5.74, 6) is 0.965. The van der Waals surface area contributed by atoms with Crippen LogP contribution in [0.2, 0.25) is 0 Å². The van der Waals surface area contributed by atoms with Gasteiger partial charge in [-0.3, -0.25) is 4.68 Å². The van der Waals surface area contributed by atoms with E-state index in [0.717, 1.165) is 16.8 Å². The van der Waals surface area contributed by atoms with Crippen LogP contribution in [0.1, 0.15) is 26.5 Å². The number of anilines is 2. The van der Waals surface area contributed by atoms with Gasteiger partial charge in [0.1, 0.15) is 5.65 Å². The minimum atomic E-state index is -0.836. The van der Waals surface area contributed by atoms with E-state index < -0.39 is 5.60 Å². The molecule has 0 saturated heterocycles. The van der Waals surface area contributed by atoms with Crippen molar-refractivity contribution in [1.82, 2.24) is 24.7 Å². The number of H-pyrrole nitrogens is 1. The van der Waals surface area contributed by atoms with E-state index in [1.165, 1.54) is 0 Å². The molecule has 0 aromatic carbocycles. The van der Waals surface area contributed by atoms with Gasteiger partial charge in [-0.2, -0.15) is 15.1 Å². The lowest BCUT2D eigenvalue weighted by molar-refractivity contribution is 0.0577. The molecule has 3 N–H and O–H groups in total. The Hall–Kier alpha value is -2.61. The molecule has 3 rings (SSSR count). The summed E-state index contributed by atoms with van der Waals surface area (Å²) in [6, 6.07) is 1.89. The molecule has 3 heterocycles. The van der Waals surface area contributed by atoms with Crippen molar-refractivity contribution in [2.24, 2.45) is 0 Å². The molecular weight excluding hydrogens is 308 g/mol. The van der Waals surface area contributed by atoms with E-state index >= 15 is 0 Å². The molecule has 0 bridgehead atoms. The molecule has 0 unspecified atom stereocenters. The smallest absolute Gasteiger partial charge is 0.232 e. The Bertz CT molecular complexity index is 846. The molecule has 0 amide bonds. The standard InChI is InChI=1S/C16H22N6O2/c1-5-24-14-11-6-7-17-13(11)19-15(20-14)18-12-8-22(21-10(12)2)9-16(3,4)23/h6-8,23H,5,9H2,1-4H3,(H2,17,18,19,20). The van der Waals surface area contributed by atoms with Gasteiger partial charge < -0.3 is 20.1 Å². The van der Waals surface area contributed by atoms with Crippen LogP contribution in [0.25, 0.3) is 11.0 Å². The molecule has 8 nitrogen and oxygen atoms in total. The zero-order valence-electron chi connectivity index (χ0n) is 14.3. The summed E-state index contributed by atoms with van der Waals surface area (Å²) < 4.78 is 7.29. The van der Waals surface area contributed by atoms with E-state index in [2.05, 4.69) is 25.4 Å². The average molecular weight is 330 g/mol. The molecule has 0 saturated carbocycles. The summed E-state index contributed by atoms with van der Waals surface area (Å²) in [6.07, 6.45) is 3.63. The van der Waals surface area contributed by atoms with Crippen molar-refractivity contribution in [3.63, 3.8) is 0 Å². The van der Waals surface area contributed by atoms with Crippen molar-refractivity contribution in [3.05, 3.63) is 24.2 Å². The Morgan fingerprint density at radius 1 is 1.38 bits per heavy atom. The van der Waals surface area contributed by atoms with Crippen LogP contribution >= 0.6 is 0 Å². The first-order valence-electron chi connectivity index (χ1n) is 7.87. The van der Waals surface area contributed by atoms with E-state index in [-0.39, 0.29) is 0 Å². The minimum absolute atomic E-state index is 0.399. The monoisotopic (exact) mass is 330 g/mol. The summed E-state index contributed by atoms with van der Waals surface area (Å²) >= 11 is 0. The summed E-state index contributed by atoms with van der Waals surface area (Å²) in [7, 11) is 0. The van der Waals surface area contributed by atoms with Gasteiger partial charge in [0.15, 0.2) is 0 Å². The molecule has 8 heteroatoms. The van der Waals surface area contributed by atoms with Gasteiger partial charge in [0.05, 0.1) is 35.5 Å². The third-order valence-corrected chi connectivity index (χ3v) is 3.40. The minimum Gasteiger partial charge on any atom is -0.477 e. The third-order valence-electron chi connectivity index (χ3n) is 3.40. The molecule has 3 aromatic rings. The average Bonchev–Trinajstić information content (AvgIpc) is 3.05. The Morgan fingerprint density at radius 2 is 2.17 bits per heavy atom. The Labute approximate surface area is 139 Å². The molecule has 3 aromatic heterocycles. The number of nitrogens with zero attached hydrogens (tertiary/aromatic N) is 4. The van der Waals surface area contributed by atoms with Crippen LogP contribution in [-0.2, 0) is 6.54 Å². The summed E-state index contributed by atoms with van der Waals surface area (Å²) in [5, 5.41) is 18.3. The maximum absolute atomic E-state index is 9.92. The van der Waals surface area contributed by atoms with E-state index in [4.69, 9.17) is 4.74 Å². The van der Waals surface area contributed by atoms with E-state index in [1.54, 1.807) is 24.7 Å². The van der Waals surface area contributed by atoms with Gasteiger partial charge in [0.2, 0.25) is 11.8 Å². The fourth-order valence-electron chi connectivity index (χ4n) is 2.45. The number of nitrogens with one attached hydrogen (secondary N) is 2. The molecule has 0 aliphatic heterocycles. The van der Waals surface area contributed by atoms with Crippen LogP contribution in [0, 0.1) is 6.92 Å². The molecule has 0 aliphatic rings. The first kappa shape index (κ1) is 16.3. The molecule has 0 radical (unpaired) electrons. The normalized spacial score (nSPS) is 11.9. The lowest BCUT2D eigenvalue weighted by Gasteiger charge is -2.16. The second-order valence-electron chi connectivity index (χ2n) is 6.29. The molecule has 0 atom stereocenters. The zero-order valence-corrected chi connectivity index (χ0v) is 14.3. The Balaban J connectivity index is 1.89. The lowest BCUT2D eigenvalue weighted by Crippen LogP contribution is -2.26. The van der Waals surface area contributed by atoms with Gasteiger partial charge >= 0.3 is 0 Å². The van der Waals surface area contributed by atoms with Crippen LogP contribution in [0.3, 0.4) is 0 Å². The highest BCUT2D eigenvalue weighted by Gasteiger charge is 2.16. The number of aryl methyl sites for hydroxylation is 1. The fraction of sp³-hybridized carbons (Fsp3) is 0.438. The van der Waals surface area contributed by atoms with Gasteiger partial charge in [0, 0.05) is 12.4 Å². The highest BCUT2D eigenvalue weighted by molar-refractivity contribution is 5.82. The molecular formula is C16H22N6O2. The summed E-state index contributed by atoms with van der Waals surface area (Å²) in [4.78, 5) is 12.0. The summed E-state index contributed by atoms with van der Waals surface area (Å²) in [5.41, 5.74) is 1.45. The van der Waals surface area contributed by atoms with Gasteiger partial charge in [0.25, 0.3) is 0 Å². The number of rotatable bonds is 6. The maximum atomic E-state index is 9.92. The molecule has 0 fully saturated rings. The van der Waals surface area contributed by atoms with Crippen molar-refractivity contribution in [1.29, 1.82) is 0 Å². The lowest BCUT2D eigenvalue weighted by atomic mass is 10.1. The molecule has 0 spiro atoms. The largest absolute Gasteiger partial charge is 0.477 e. The van der Waals surface area contributed by atoms with Crippen molar-refractivity contribution < 1.29 is 9.84 Å². The van der Waals surface area contributed by atoms with Crippen LogP contribution in [0.15, 0.2) is 18.5 Å². The first-order chi connectivity index (χ1) is 11.4. The number of aromatic nitrogens is 5. The number of aromatic amines is 1. The van der Waals surface area contributed by atoms with Crippen molar-refractivity contribution >= 4 is 22.7 Å². The number of fused-ring (bicyclic) bond motifs is 1. The van der Waals surface area contributed by atoms with E-state index in [0.29, 0.717) is 30.6 Å². The second-order valence-corrected chi connectivity index (χ2v) is 6.29. The quantitative estimate of drug-likeness (QED) is 0.641. The van der Waals surface area contributed by atoms with Gasteiger partial charge in [-0.15, -0.1) is 0 Å². The van der Waals surface area contributed by atoms with Gasteiger partial charge in [-0.25, -0.2) is 0 Å². The second kappa shape index (κ2) is 6.12. The Kier molecular flexibility index (Phi) is 4.15. The Morgan fingerprint density at radius 3 is 2.88 bits per heavy atom. The predicted molar refractivity (Wildman–Crippen MR) is 91.6 cm³/mol. The first-order valence-corrected chi connectivity index (χ1v) is 7.87. The number of hydrogen-bond acceptors (Lipinski definition) is 6. The van der Waals surface area contributed by atoms with E-state index in [1.807, 2.05) is 26.1 Å². The number of aliphatic hydroxyl groups is 1. The number of ether oxygens (including phenoxy) is 1. The van der Waals surface area contributed by atoms with Crippen LogP contribution in [-0.4, -0.2) is 42.0 Å². The highest BCUT2D eigenvalue weighted by Crippen LogP contribution is 2.25. The third kappa shape index (κ3) is 3.48. The maximum Gasteiger partial charge on any atom is 0.232 e. The molecule has 0 aliphatic carbocycles.